The molecule has 0 fully saturated rings. The Bertz CT molecular complexity index is 1700. The quantitative estimate of drug-likeness (QED) is 0.0941. The summed E-state index contributed by atoms with van der Waals surface area (Å²) in [6, 6.07) is 16.9. The van der Waals surface area contributed by atoms with E-state index in [9.17, 15) is 19.5 Å². The molecule has 0 bridgehead atoms. The Morgan fingerprint density at radius 1 is 0.923 bits per heavy atom. The molecule has 13 heteroatoms. The Morgan fingerprint density at radius 3 is 2.15 bits per heavy atom. The number of nitrogens with zero attached hydrogens (tertiary/aromatic N) is 3. The van der Waals surface area contributed by atoms with E-state index in [-0.39, 0.29) is 30.9 Å². The van der Waals surface area contributed by atoms with Crippen LogP contribution in [0.3, 0.4) is 0 Å². The number of alkyl carbamates (subject to hydrolysis) is 1. The molecule has 280 valence electrons. The van der Waals surface area contributed by atoms with Gasteiger partial charge in [-0.1, -0.05) is 88.4 Å². The first kappa shape index (κ1) is 40.4. The van der Waals surface area contributed by atoms with Crippen molar-refractivity contribution in [3.63, 3.8) is 0 Å². The lowest BCUT2D eigenvalue weighted by Gasteiger charge is -2.30. The van der Waals surface area contributed by atoms with Gasteiger partial charge in [0.15, 0.2) is 0 Å². The fraction of sp³-hybridized carbons (Fsp3) is 0.462. The van der Waals surface area contributed by atoms with E-state index in [0.717, 1.165) is 31.7 Å². The number of aromatic nitrogens is 2. The summed E-state index contributed by atoms with van der Waals surface area (Å²) in [5, 5.41) is 24.6. The first-order chi connectivity index (χ1) is 24.9. The maximum Gasteiger partial charge on any atom is 0.407 e. The van der Waals surface area contributed by atoms with Crippen molar-refractivity contribution < 1.29 is 24.2 Å². The number of thiazole rings is 2. The predicted molar refractivity (Wildman–Crippen MR) is 207 cm³/mol. The summed E-state index contributed by atoms with van der Waals surface area (Å²) in [7, 11) is 1.71. The molecule has 4 N–H and O–H groups in total. The highest BCUT2D eigenvalue weighted by Gasteiger charge is 2.31. The number of nitrogens with one attached hydrogen (secondary N) is 3. The van der Waals surface area contributed by atoms with Gasteiger partial charge in [-0.05, 0) is 43.2 Å². The molecule has 0 spiro atoms. The number of aliphatic hydroxyl groups is 1. The smallest absolute Gasteiger partial charge is 0.407 e. The van der Waals surface area contributed by atoms with Gasteiger partial charge in [0.2, 0.25) is 5.91 Å². The number of hydrogen-bond donors (Lipinski definition) is 4. The van der Waals surface area contributed by atoms with Crippen molar-refractivity contribution in [1.82, 2.24) is 30.8 Å². The molecular weight excluding hydrogens is 697 g/mol. The monoisotopic (exact) mass is 748 g/mol. The average molecular weight is 749 g/mol. The SMILES string of the molecule is Cc1ncc(COC(=O)N[C@@H](Cc2ccccc2)[C@@H](O)C[C@H](Cc2ccccc2)NC(=O)[C@@H](NC(=O)N(C)CCc2csc(C(C)C)n2)C(C)C)s1. The van der Waals surface area contributed by atoms with Gasteiger partial charge in [0.1, 0.15) is 12.6 Å². The molecule has 4 amide bonds. The third-order valence-electron chi connectivity index (χ3n) is 8.62. The van der Waals surface area contributed by atoms with Gasteiger partial charge in [-0.2, -0.15) is 0 Å². The Balaban J connectivity index is 1.44. The predicted octanol–water partition coefficient (Wildman–Crippen LogP) is 6.26. The number of aryl methyl sites for hydroxylation is 1. The standard InChI is InChI=1S/C39H52N6O5S2/c1-25(2)35(44-38(48)45(6)18-17-30-24-51-37(42-30)26(3)4)36(47)41-31(19-28-13-9-7-10-14-28)21-34(46)33(20-29-15-11-8-12-16-29)43-39(49)50-23-32-22-40-27(5)52-32/h7-16,22,24-26,31,33-35,46H,17-21,23H2,1-6H3,(H,41,47)(H,43,49)(H,44,48)/t31-,33-,34-,35-/m0/s1. The minimum Gasteiger partial charge on any atom is -0.444 e. The topological polar surface area (TPSA) is 146 Å². The zero-order chi connectivity index (χ0) is 37.6. The lowest BCUT2D eigenvalue weighted by molar-refractivity contribution is -0.124. The van der Waals surface area contributed by atoms with E-state index in [0.29, 0.717) is 31.7 Å². The van der Waals surface area contributed by atoms with E-state index in [1.807, 2.05) is 86.8 Å². The van der Waals surface area contributed by atoms with Gasteiger partial charge in [-0.25, -0.2) is 19.6 Å². The highest BCUT2D eigenvalue weighted by Crippen LogP contribution is 2.20. The molecule has 4 aromatic rings. The van der Waals surface area contributed by atoms with Gasteiger partial charge in [0, 0.05) is 43.5 Å². The molecule has 11 nitrogen and oxygen atoms in total. The molecule has 0 saturated carbocycles. The van der Waals surface area contributed by atoms with E-state index in [1.165, 1.54) is 11.3 Å². The van der Waals surface area contributed by atoms with E-state index in [1.54, 1.807) is 29.5 Å². The van der Waals surface area contributed by atoms with Crippen LogP contribution in [0, 0.1) is 12.8 Å². The van der Waals surface area contributed by atoms with Crippen LogP contribution in [0.4, 0.5) is 9.59 Å². The van der Waals surface area contributed by atoms with Crippen LogP contribution < -0.4 is 16.0 Å². The molecule has 2 heterocycles. The number of urea groups is 1. The average Bonchev–Trinajstić information content (AvgIpc) is 3.78. The summed E-state index contributed by atoms with van der Waals surface area (Å²) in [6.07, 6.45) is 1.50. The molecule has 0 saturated heterocycles. The van der Waals surface area contributed by atoms with E-state index < -0.39 is 30.3 Å². The Hall–Kier alpha value is -4.33. The molecule has 0 unspecified atom stereocenters. The zero-order valence-electron chi connectivity index (χ0n) is 30.9. The Morgan fingerprint density at radius 2 is 1.58 bits per heavy atom. The molecular formula is C39H52N6O5S2. The van der Waals surface area contributed by atoms with Gasteiger partial charge >= 0.3 is 12.1 Å². The van der Waals surface area contributed by atoms with Crippen molar-refractivity contribution >= 4 is 40.7 Å². The minimum atomic E-state index is -1.05. The summed E-state index contributed by atoms with van der Waals surface area (Å²) < 4.78 is 5.48. The first-order valence-corrected chi connectivity index (χ1v) is 19.4. The van der Waals surface area contributed by atoms with Crippen molar-refractivity contribution in [2.45, 2.75) is 97.1 Å². The first-order valence-electron chi connectivity index (χ1n) is 17.7. The maximum atomic E-state index is 13.9. The Kier molecular flexibility index (Phi) is 15.6. The number of amides is 4. The van der Waals surface area contributed by atoms with Crippen molar-refractivity contribution in [3.8, 4) is 0 Å². The van der Waals surface area contributed by atoms with Crippen LogP contribution in [0.5, 0.6) is 0 Å². The second kappa shape index (κ2) is 20.1. The second-order valence-electron chi connectivity index (χ2n) is 13.7. The summed E-state index contributed by atoms with van der Waals surface area (Å²) in [4.78, 5) is 51.4. The van der Waals surface area contributed by atoms with Crippen LogP contribution in [0.2, 0.25) is 0 Å². The van der Waals surface area contributed by atoms with Gasteiger partial charge in [0.05, 0.1) is 32.7 Å². The zero-order valence-corrected chi connectivity index (χ0v) is 32.5. The van der Waals surface area contributed by atoms with Crippen LogP contribution >= 0.6 is 22.7 Å². The van der Waals surface area contributed by atoms with Gasteiger partial charge in [-0.3, -0.25) is 4.79 Å². The second-order valence-corrected chi connectivity index (χ2v) is 15.9. The van der Waals surface area contributed by atoms with Crippen LogP contribution in [0.15, 0.2) is 72.2 Å². The van der Waals surface area contributed by atoms with Crippen molar-refractivity contribution in [1.29, 1.82) is 0 Å². The van der Waals surface area contributed by atoms with Crippen molar-refractivity contribution in [2.24, 2.45) is 5.92 Å². The van der Waals surface area contributed by atoms with Crippen LogP contribution in [0.1, 0.15) is 71.7 Å². The summed E-state index contributed by atoms with van der Waals surface area (Å²) in [5.41, 5.74) is 2.84. The molecule has 0 aliphatic heterocycles. The number of benzene rings is 2. The fourth-order valence-electron chi connectivity index (χ4n) is 5.66. The summed E-state index contributed by atoms with van der Waals surface area (Å²) >= 11 is 3.07. The molecule has 4 atom stereocenters. The number of carbonyl (C=O) groups excluding carboxylic acids is 3. The van der Waals surface area contributed by atoms with Gasteiger partial charge < -0.3 is 30.7 Å². The molecule has 2 aromatic carbocycles. The van der Waals surface area contributed by atoms with Crippen LogP contribution in [0.25, 0.3) is 0 Å². The number of likely N-dealkylation sites (N-methyl/N-ethyl adjacent to an activating group) is 1. The summed E-state index contributed by atoms with van der Waals surface area (Å²) in [6.45, 7) is 10.4. The third-order valence-corrected chi connectivity index (χ3v) is 10.7. The number of rotatable bonds is 18. The van der Waals surface area contributed by atoms with Crippen LogP contribution in [-0.2, 0) is 35.4 Å². The lowest BCUT2D eigenvalue weighted by Crippen LogP contribution is -2.56. The molecule has 0 aliphatic carbocycles. The number of ether oxygens (including phenoxy) is 1. The van der Waals surface area contributed by atoms with Crippen molar-refractivity contribution in [3.05, 3.63) is 104 Å². The van der Waals surface area contributed by atoms with E-state index in [4.69, 9.17) is 4.74 Å². The normalized spacial score (nSPS) is 13.6. The highest BCUT2D eigenvalue weighted by atomic mass is 32.1. The number of hydrogen-bond acceptors (Lipinski definition) is 9. The number of aliphatic hydroxyl groups excluding tert-OH is 1. The molecule has 0 aliphatic rings. The highest BCUT2D eigenvalue weighted by molar-refractivity contribution is 7.11. The van der Waals surface area contributed by atoms with Gasteiger partial charge in [-0.15, -0.1) is 22.7 Å². The van der Waals surface area contributed by atoms with Gasteiger partial charge in [0.25, 0.3) is 0 Å². The molecule has 2 aromatic heterocycles. The minimum absolute atomic E-state index is 0.0691. The maximum absolute atomic E-state index is 13.9. The molecule has 4 rings (SSSR count). The third kappa shape index (κ3) is 13.0. The molecule has 0 radical (unpaired) electrons. The fourth-order valence-corrected chi connectivity index (χ4v) is 7.23. The number of carbonyl (C=O) groups is 3. The van der Waals surface area contributed by atoms with E-state index >= 15 is 0 Å². The Labute approximate surface area is 315 Å². The lowest BCUT2D eigenvalue weighted by atomic mass is 9.93. The summed E-state index contributed by atoms with van der Waals surface area (Å²) in [5.74, 6) is -0.211. The molecule has 52 heavy (non-hydrogen) atoms. The van der Waals surface area contributed by atoms with Crippen molar-refractivity contribution in [2.75, 3.05) is 13.6 Å². The largest absolute Gasteiger partial charge is 0.444 e. The van der Waals surface area contributed by atoms with E-state index in [2.05, 4.69) is 39.8 Å². The van der Waals surface area contributed by atoms with Crippen LogP contribution in [-0.4, -0.2) is 75.8 Å².